The Morgan fingerprint density at radius 2 is 2.24 bits per heavy atom. The van der Waals surface area contributed by atoms with E-state index in [0.717, 1.165) is 12.8 Å². The predicted octanol–water partition coefficient (Wildman–Crippen LogP) is 1.22. The largest absolute Gasteiger partial charge is 0.345 e. The molecule has 1 unspecified atom stereocenters. The molecular formula is C13H20N2O2. The van der Waals surface area contributed by atoms with Crippen LogP contribution in [0, 0.1) is 0 Å². The van der Waals surface area contributed by atoms with Crippen molar-refractivity contribution in [2.75, 3.05) is 13.1 Å². The Hall–Kier alpha value is -1.32. The van der Waals surface area contributed by atoms with Gasteiger partial charge in [-0.15, -0.1) is 0 Å². The van der Waals surface area contributed by atoms with Crippen molar-refractivity contribution >= 4 is 11.8 Å². The van der Waals surface area contributed by atoms with Crippen LogP contribution < -0.4 is 5.32 Å². The fourth-order valence-electron chi connectivity index (χ4n) is 2.48. The van der Waals surface area contributed by atoms with Crippen LogP contribution in [-0.4, -0.2) is 35.8 Å². The van der Waals surface area contributed by atoms with Crippen LogP contribution in [0.1, 0.15) is 39.0 Å². The number of rotatable bonds is 3. The Bertz CT molecular complexity index is 349. The van der Waals surface area contributed by atoms with Gasteiger partial charge in [0.1, 0.15) is 6.04 Å². The monoisotopic (exact) mass is 236 g/mol. The van der Waals surface area contributed by atoms with Gasteiger partial charge in [0.15, 0.2) is 0 Å². The number of hydrogen-bond acceptors (Lipinski definition) is 2. The summed E-state index contributed by atoms with van der Waals surface area (Å²) in [5, 5.41) is 2.60. The molecule has 1 N–H and O–H groups in total. The van der Waals surface area contributed by atoms with E-state index in [1.807, 2.05) is 0 Å². The third kappa shape index (κ3) is 2.87. The lowest BCUT2D eigenvalue weighted by molar-refractivity contribution is -0.144. The molecule has 1 heterocycles. The van der Waals surface area contributed by atoms with E-state index in [2.05, 4.69) is 11.4 Å². The van der Waals surface area contributed by atoms with Gasteiger partial charge in [0.2, 0.25) is 11.8 Å². The highest BCUT2D eigenvalue weighted by atomic mass is 16.2. The normalized spacial score (nSPS) is 25.6. The SMILES string of the molecule is CC1C(=O)NCC(=O)N1CCC1=CCCCC1. The van der Waals surface area contributed by atoms with Crippen molar-refractivity contribution in [3.05, 3.63) is 11.6 Å². The van der Waals surface area contributed by atoms with Gasteiger partial charge >= 0.3 is 0 Å². The van der Waals surface area contributed by atoms with Gasteiger partial charge in [0, 0.05) is 6.54 Å². The summed E-state index contributed by atoms with van der Waals surface area (Å²) in [5.41, 5.74) is 1.45. The molecular weight excluding hydrogens is 216 g/mol. The second kappa shape index (κ2) is 5.34. The van der Waals surface area contributed by atoms with E-state index < -0.39 is 0 Å². The second-order valence-corrected chi connectivity index (χ2v) is 4.84. The van der Waals surface area contributed by atoms with Gasteiger partial charge in [-0.2, -0.15) is 0 Å². The van der Waals surface area contributed by atoms with Crippen LogP contribution >= 0.6 is 0 Å². The highest BCUT2D eigenvalue weighted by molar-refractivity contribution is 5.94. The molecule has 2 aliphatic rings. The van der Waals surface area contributed by atoms with E-state index in [9.17, 15) is 9.59 Å². The van der Waals surface area contributed by atoms with Crippen LogP contribution in [0.25, 0.3) is 0 Å². The summed E-state index contributed by atoms with van der Waals surface area (Å²) in [5.74, 6) is -0.00395. The zero-order chi connectivity index (χ0) is 12.3. The third-order valence-corrected chi connectivity index (χ3v) is 3.64. The minimum absolute atomic E-state index is 0.0357. The molecule has 94 valence electrons. The van der Waals surface area contributed by atoms with Crippen molar-refractivity contribution in [3.63, 3.8) is 0 Å². The van der Waals surface area contributed by atoms with Gasteiger partial charge in [-0.1, -0.05) is 11.6 Å². The first-order chi connectivity index (χ1) is 8.18. The van der Waals surface area contributed by atoms with E-state index in [4.69, 9.17) is 0 Å². The molecule has 4 heteroatoms. The fourth-order valence-corrected chi connectivity index (χ4v) is 2.48. The summed E-state index contributed by atoms with van der Waals surface area (Å²) in [4.78, 5) is 24.9. The maximum absolute atomic E-state index is 11.7. The highest BCUT2D eigenvalue weighted by Gasteiger charge is 2.30. The molecule has 0 saturated carbocycles. The summed E-state index contributed by atoms with van der Waals surface area (Å²) in [6.07, 6.45) is 8.08. The Labute approximate surface area is 102 Å². The molecule has 2 amide bonds. The molecule has 0 aromatic rings. The minimum atomic E-state index is -0.319. The molecule has 2 rings (SSSR count). The maximum Gasteiger partial charge on any atom is 0.242 e. The maximum atomic E-state index is 11.7. The number of amides is 2. The van der Waals surface area contributed by atoms with Crippen LogP contribution in [-0.2, 0) is 9.59 Å². The smallest absolute Gasteiger partial charge is 0.242 e. The number of piperazine rings is 1. The molecule has 1 saturated heterocycles. The average Bonchev–Trinajstić information content (AvgIpc) is 2.35. The molecule has 1 aliphatic carbocycles. The average molecular weight is 236 g/mol. The highest BCUT2D eigenvalue weighted by Crippen LogP contribution is 2.21. The zero-order valence-corrected chi connectivity index (χ0v) is 10.4. The second-order valence-electron chi connectivity index (χ2n) is 4.84. The van der Waals surface area contributed by atoms with Crippen LogP contribution in [0.4, 0.5) is 0 Å². The van der Waals surface area contributed by atoms with E-state index in [1.165, 1.54) is 24.8 Å². The zero-order valence-electron chi connectivity index (χ0n) is 10.4. The van der Waals surface area contributed by atoms with Gasteiger partial charge < -0.3 is 10.2 Å². The van der Waals surface area contributed by atoms with Crippen molar-refractivity contribution in [2.45, 2.75) is 45.1 Å². The van der Waals surface area contributed by atoms with Crippen molar-refractivity contribution in [1.29, 1.82) is 0 Å². The van der Waals surface area contributed by atoms with Crippen molar-refractivity contribution in [2.24, 2.45) is 0 Å². The molecule has 1 atom stereocenters. The van der Waals surface area contributed by atoms with Crippen LogP contribution in [0.2, 0.25) is 0 Å². The van der Waals surface area contributed by atoms with Gasteiger partial charge in [-0.3, -0.25) is 9.59 Å². The topological polar surface area (TPSA) is 49.4 Å². The lowest BCUT2D eigenvalue weighted by Crippen LogP contribution is -2.57. The Balaban J connectivity index is 1.90. The number of nitrogens with zero attached hydrogens (tertiary/aromatic N) is 1. The molecule has 0 bridgehead atoms. The lowest BCUT2D eigenvalue weighted by Gasteiger charge is -2.33. The summed E-state index contributed by atoms with van der Waals surface area (Å²) in [6.45, 7) is 2.63. The molecule has 0 aromatic heterocycles. The molecule has 1 fully saturated rings. The quantitative estimate of drug-likeness (QED) is 0.749. The van der Waals surface area contributed by atoms with Crippen LogP contribution in [0.5, 0.6) is 0 Å². The molecule has 4 nitrogen and oxygen atoms in total. The van der Waals surface area contributed by atoms with Crippen molar-refractivity contribution in [3.8, 4) is 0 Å². The Morgan fingerprint density at radius 3 is 2.94 bits per heavy atom. The van der Waals surface area contributed by atoms with Gasteiger partial charge in [0.05, 0.1) is 6.54 Å². The lowest BCUT2D eigenvalue weighted by atomic mass is 9.97. The summed E-state index contributed by atoms with van der Waals surface area (Å²) in [7, 11) is 0. The van der Waals surface area contributed by atoms with E-state index in [0.29, 0.717) is 6.54 Å². The number of carbonyl (C=O) groups excluding carboxylic acids is 2. The number of nitrogens with one attached hydrogen (secondary N) is 1. The molecule has 17 heavy (non-hydrogen) atoms. The van der Waals surface area contributed by atoms with Crippen molar-refractivity contribution in [1.82, 2.24) is 10.2 Å². The Morgan fingerprint density at radius 1 is 1.41 bits per heavy atom. The first-order valence-electron chi connectivity index (χ1n) is 6.43. The Kier molecular flexibility index (Phi) is 3.82. The minimum Gasteiger partial charge on any atom is -0.345 e. The molecule has 0 aromatic carbocycles. The van der Waals surface area contributed by atoms with Crippen LogP contribution in [0.3, 0.4) is 0 Å². The van der Waals surface area contributed by atoms with Crippen LogP contribution in [0.15, 0.2) is 11.6 Å². The number of allylic oxidation sites excluding steroid dienone is 1. The van der Waals surface area contributed by atoms with E-state index >= 15 is 0 Å². The van der Waals surface area contributed by atoms with Gasteiger partial charge in [-0.05, 0) is 39.0 Å². The predicted molar refractivity (Wildman–Crippen MR) is 65.4 cm³/mol. The van der Waals surface area contributed by atoms with E-state index in [-0.39, 0.29) is 24.4 Å². The molecule has 1 aliphatic heterocycles. The van der Waals surface area contributed by atoms with E-state index in [1.54, 1.807) is 11.8 Å². The first kappa shape index (κ1) is 12.1. The summed E-state index contributed by atoms with van der Waals surface area (Å²) in [6, 6.07) is -0.319. The third-order valence-electron chi connectivity index (χ3n) is 3.64. The molecule has 0 radical (unpaired) electrons. The summed E-state index contributed by atoms with van der Waals surface area (Å²) >= 11 is 0. The standard InChI is InChI=1S/C13H20N2O2/c1-10-13(17)14-9-12(16)15(10)8-7-11-5-3-2-4-6-11/h5,10H,2-4,6-9H2,1H3,(H,14,17). The van der Waals surface area contributed by atoms with Gasteiger partial charge in [0.25, 0.3) is 0 Å². The van der Waals surface area contributed by atoms with Gasteiger partial charge in [-0.25, -0.2) is 0 Å². The first-order valence-corrected chi connectivity index (χ1v) is 6.43. The molecule has 0 spiro atoms. The van der Waals surface area contributed by atoms with Crippen molar-refractivity contribution < 1.29 is 9.59 Å². The number of carbonyl (C=O) groups is 2. The summed E-state index contributed by atoms with van der Waals surface area (Å²) < 4.78 is 0. The number of hydrogen-bond donors (Lipinski definition) is 1. The fraction of sp³-hybridized carbons (Fsp3) is 0.692.